The van der Waals surface area contributed by atoms with E-state index in [2.05, 4.69) is 49.7 Å². The second-order valence-electron chi connectivity index (χ2n) is 9.30. The van der Waals surface area contributed by atoms with Gasteiger partial charge in [-0.2, -0.15) is 0 Å². The van der Waals surface area contributed by atoms with Crippen LogP contribution >= 0.6 is 11.8 Å². The van der Waals surface area contributed by atoms with E-state index in [9.17, 15) is 9.59 Å². The van der Waals surface area contributed by atoms with Gasteiger partial charge in [0, 0.05) is 55.5 Å². The number of benzene rings is 1. The molecule has 5 rings (SSSR count). The average Bonchev–Trinajstić information content (AvgIpc) is 2.87. The van der Waals surface area contributed by atoms with Crippen molar-refractivity contribution in [2.75, 3.05) is 60.6 Å². The fourth-order valence-electron chi connectivity index (χ4n) is 4.45. The molecule has 1 fully saturated rings. The first-order chi connectivity index (χ1) is 17.4. The number of carbonyl (C=O) groups is 1. The van der Waals surface area contributed by atoms with Crippen molar-refractivity contribution in [1.82, 2.24) is 14.9 Å². The highest BCUT2D eigenvalue weighted by molar-refractivity contribution is 8.00. The molecule has 2 aromatic heterocycles. The Morgan fingerprint density at radius 2 is 1.86 bits per heavy atom. The molecule has 36 heavy (non-hydrogen) atoms. The summed E-state index contributed by atoms with van der Waals surface area (Å²) < 4.78 is 0. The molecule has 10 heteroatoms. The molecule has 1 amide bonds. The van der Waals surface area contributed by atoms with Crippen LogP contribution in [0, 0.1) is 6.92 Å². The van der Waals surface area contributed by atoms with Crippen LogP contribution in [-0.2, 0) is 0 Å². The lowest BCUT2D eigenvalue weighted by Gasteiger charge is -2.34. The lowest BCUT2D eigenvalue weighted by Crippen LogP contribution is -2.44. The number of fused-ring (bicyclic) bond motifs is 1. The Labute approximate surface area is 214 Å². The number of likely N-dealkylation sites (N-methyl/N-ethyl adjacent to an activating group) is 1. The molecule has 188 valence electrons. The van der Waals surface area contributed by atoms with Gasteiger partial charge in [0.25, 0.3) is 11.5 Å². The van der Waals surface area contributed by atoms with Gasteiger partial charge < -0.3 is 30.7 Å². The molecule has 0 bridgehead atoms. The van der Waals surface area contributed by atoms with E-state index in [-0.39, 0.29) is 5.56 Å². The van der Waals surface area contributed by atoms with Gasteiger partial charge in [-0.15, -0.1) is 0 Å². The van der Waals surface area contributed by atoms with Crippen LogP contribution in [0.3, 0.4) is 0 Å². The number of thioether (sulfide) groups is 1. The van der Waals surface area contributed by atoms with Gasteiger partial charge in [-0.25, -0.2) is 4.98 Å². The van der Waals surface area contributed by atoms with Crippen molar-refractivity contribution in [3.05, 3.63) is 64.2 Å². The zero-order valence-corrected chi connectivity index (χ0v) is 21.5. The lowest BCUT2D eigenvalue weighted by atomic mass is 10.1. The topological polar surface area (TPSA) is 105 Å². The summed E-state index contributed by atoms with van der Waals surface area (Å²) in [6.07, 6.45) is 3.28. The number of carbonyl (C=O) groups excluding carboxylic acids is 1. The van der Waals surface area contributed by atoms with E-state index in [0.717, 1.165) is 60.4 Å². The molecule has 9 nitrogen and oxygen atoms in total. The fraction of sp³-hybridized carbons (Fsp3) is 0.346. The minimum absolute atomic E-state index is 0.0220. The number of nitrogens with zero attached hydrogens (tertiary/aromatic N) is 3. The van der Waals surface area contributed by atoms with E-state index in [1.54, 1.807) is 24.0 Å². The minimum atomic E-state index is -0.474. The van der Waals surface area contributed by atoms with E-state index < -0.39 is 11.5 Å². The van der Waals surface area contributed by atoms with Crippen molar-refractivity contribution in [3.63, 3.8) is 0 Å². The van der Waals surface area contributed by atoms with Crippen molar-refractivity contribution in [2.45, 2.75) is 24.1 Å². The second-order valence-corrected chi connectivity index (χ2v) is 10.7. The third-order valence-electron chi connectivity index (χ3n) is 6.63. The van der Waals surface area contributed by atoms with Gasteiger partial charge in [0.05, 0.1) is 23.3 Å². The first-order valence-electron chi connectivity index (χ1n) is 12.1. The van der Waals surface area contributed by atoms with Gasteiger partial charge in [-0.3, -0.25) is 9.59 Å². The monoisotopic (exact) mass is 505 g/mol. The average molecular weight is 506 g/mol. The first kappa shape index (κ1) is 24.2. The van der Waals surface area contributed by atoms with Gasteiger partial charge in [-0.1, -0.05) is 18.7 Å². The minimum Gasteiger partial charge on any atom is -0.381 e. The van der Waals surface area contributed by atoms with Crippen LogP contribution < -0.4 is 26.4 Å². The first-order valence-corrected chi connectivity index (χ1v) is 13.0. The van der Waals surface area contributed by atoms with E-state index in [0.29, 0.717) is 16.6 Å². The quantitative estimate of drug-likeness (QED) is 0.416. The summed E-state index contributed by atoms with van der Waals surface area (Å²) >= 11 is 1.74. The maximum absolute atomic E-state index is 13.2. The standard InChI is InChI=1S/C26H31N7O2S/c1-16-14-28-23-17(2)21(15-29-26(23)36-16)31-20-8-9-27-24(34)22(20)25(35)30-18-4-6-19(7-5-18)33-12-10-32(3)11-13-33/h4-9,15-16,28H,10-14H2,1-3H3,(H,30,35)(H2,27,31,34). The Balaban J connectivity index is 1.34. The van der Waals surface area contributed by atoms with Crippen LogP contribution in [0.1, 0.15) is 22.8 Å². The molecule has 4 heterocycles. The smallest absolute Gasteiger partial charge is 0.263 e. The van der Waals surface area contributed by atoms with E-state index in [1.165, 1.54) is 6.20 Å². The molecule has 1 aromatic carbocycles. The van der Waals surface area contributed by atoms with Crippen LogP contribution in [0.5, 0.6) is 0 Å². The molecule has 2 aliphatic heterocycles. The Bertz CT molecular complexity index is 1320. The van der Waals surface area contributed by atoms with Crippen LogP contribution in [0.15, 0.2) is 52.5 Å². The summed E-state index contributed by atoms with van der Waals surface area (Å²) in [5, 5.41) is 11.0. The van der Waals surface area contributed by atoms with Gasteiger partial charge in [0.15, 0.2) is 0 Å². The summed E-state index contributed by atoms with van der Waals surface area (Å²) in [5.41, 5.74) is 4.46. The van der Waals surface area contributed by atoms with Crippen LogP contribution in [0.2, 0.25) is 0 Å². The SMILES string of the molecule is Cc1c(Nc2cc[nH]c(=O)c2C(=O)Nc2ccc(N3CCN(C)CC3)cc2)cnc2c1NCC(C)S2. The molecule has 3 aromatic rings. The van der Waals surface area contributed by atoms with E-state index >= 15 is 0 Å². The fourth-order valence-corrected chi connectivity index (χ4v) is 5.45. The molecule has 0 saturated carbocycles. The van der Waals surface area contributed by atoms with Crippen molar-refractivity contribution >= 4 is 46.1 Å². The van der Waals surface area contributed by atoms with E-state index in [1.807, 2.05) is 31.2 Å². The van der Waals surface area contributed by atoms with Gasteiger partial charge >= 0.3 is 0 Å². The second kappa shape index (κ2) is 10.2. The number of aromatic amines is 1. The van der Waals surface area contributed by atoms with Crippen molar-refractivity contribution < 1.29 is 4.79 Å². The largest absolute Gasteiger partial charge is 0.381 e. The maximum atomic E-state index is 13.2. The highest BCUT2D eigenvalue weighted by Gasteiger charge is 2.22. The summed E-state index contributed by atoms with van der Waals surface area (Å²) in [6, 6.07) is 9.44. The summed E-state index contributed by atoms with van der Waals surface area (Å²) in [5.74, 6) is -0.474. The van der Waals surface area contributed by atoms with Crippen molar-refractivity contribution in [2.24, 2.45) is 0 Å². The zero-order valence-electron chi connectivity index (χ0n) is 20.7. The Morgan fingerprint density at radius 1 is 1.11 bits per heavy atom. The molecule has 1 atom stereocenters. The number of nitrogens with one attached hydrogen (secondary N) is 4. The molecule has 1 saturated heterocycles. The van der Waals surface area contributed by atoms with Gasteiger partial charge in [0.2, 0.25) is 0 Å². The number of hydrogen-bond acceptors (Lipinski definition) is 8. The Morgan fingerprint density at radius 3 is 2.61 bits per heavy atom. The number of aromatic nitrogens is 2. The van der Waals surface area contributed by atoms with Crippen LogP contribution in [0.25, 0.3) is 0 Å². The number of amides is 1. The predicted octanol–water partition coefficient (Wildman–Crippen LogP) is 3.73. The highest BCUT2D eigenvalue weighted by atomic mass is 32.2. The number of hydrogen-bond donors (Lipinski definition) is 4. The Kier molecular flexibility index (Phi) is 6.88. The molecule has 0 spiro atoms. The molecular formula is C26H31N7O2S. The molecule has 2 aliphatic rings. The predicted molar refractivity (Wildman–Crippen MR) is 147 cm³/mol. The third kappa shape index (κ3) is 5.05. The number of rotatable bonds is 5. The number of anilines is 5. The normalized spacial score (nSPS) is 17.8. The molecule has 0 radical (unpaired) electrons. The summed E-state index contributed by atoms with van der Waals surface area (Å²) in [4.78, 5) is 37.8. The number of piperazine rings is 1. The van der Waals surface area contributed by atoms with Gasteiger partial charge in [0.1, 0.15) is 10.6 Å². The number of pyridine rings is 2. The highest BCUT2D eigenvalue weighted by Crippen LogP contribution is 2.38. The summed E-state index contributed by atoms with van der Waals surface area (Å²) in [7, 11) is 2.13. The zero-order chi connectivity index (χ0) is 25.2. The van der Waals surface area contributed by atoms with Crippen molar-refractivity contribution in [1.29, 1.82) is 0 Å². The molecule has 0 aliphatic carbocycles. The number of H-pyrrole nitrogens is 1. The van der Waals surface area contributed by atoms with Crippen LogP contribution in [0.4, 0.5) is 28.4 Å². The third-order valence-corrected chi connectivity index (χ3v) is 7.74. The van der Waals surface area contributed by atoms with E-state index in [4.69, 9.17) is 0 Å². The maximum Gasteiger partial charge on any atom is 0.263 e. The molecule has 1 unspecified atom stereocenters. The molecule has 4 N–H and O–H groups in total. The lowest BCUT2D eigenvalue weighted by molar-refractivity contribution is 0.102. The van der Waals surface area contributed by atoms with Gasteiger partial charge in [-0.05, 0) is 49.9 Å². The molecular weight excluding hydrogens is 474 g/mol. The van der Waals surface area contributed by atoms with Crippen molar-refractivity contribution in [3.8, 4) is 0 Å². The van der Waals surface area contributed by atoms with Crippen LogP contribution in [-0.4, -0.2) is 65.8 Å². The Hall–Kier alpha value is -3.50. The summed E-state index contributed by atoms with van der Waals surface area (Å²) in [6.45, 7) is 9.01.